The minimum Gasteiger partial charge on any atom is -0.508 e. The normalized spacial score (nSPS) is 24.3. The van der Waals surface area contributed by atoms with Crippen LogP contribution in [0.15, 0.2) is 60.7 Å². The molecule has 5 N–H and O–H groups in total. The summed E-state index contributed by atoms with van der Waals surface area (Å²) in [5.41, 5.74) is -1.25. The van der Waals surface area contributed by atoms with Crippen LogP contribution in [0.1, 0.15) is 24.0 Å². The van der Waals surface area contributed by atoms with Crippen molar-refractivity contribution < 1.29 is 49.4 Å². The summed E-state index contributed by atoms with van der Waals surface area (Å²) >= 11 is 0. The zero-order valence-electron chi connectivity index (χ0n) is 18.4. The third-order valence-electron chi connectivity index (χ3n) is 5.36. The lowest BCUT2D eigenvalue weighted by atomic mass is 9.79. The molecule has 1 aliphatic carbocycles. The minimum absolute atomic E-state index is 0.0398. The first-order valence-electron chi connectivity index (χ1n) is 10.5. The summed E-state index contributed by atoms with van der Waals surface area (Å²) in [6.07, 6.45) is -0.901. The lowest BCUT2D eigenvalue weighted by Crippen LogP contribution is -2.58. The molecule has 0 aromatic heterocycles. The van der Waals surface area contributed by atoms with E-state index in [-0.39, 0.29) is 11.5 Å². The number of carboxylic acid groups (broad SMARTS) is 1. The van der Waals surface area contributed by atoms with Crippen molar-refractivity contribution in [3.05, 3.63) is 71.8 Å². The number of carbonyl (C=O) groups excluding carboxylic acids is 2. The van der Waals surface area contributed by atoms with Gasteiger partial charge in [0, 0.05) is 25.0 Å². The molecule has 0 spiro atoms. The molecular weight excluding hydrogens is 460 g/mol. The Hall–Kier alpha value is -4.15. The average Bonchev–Trinajstić information content (AvgIpc) is 2.80. The van der Waals surface area contributed by atoms with Gasteiger partial charge in [0.2, 0.25) is 0 Å². The summed E-state index contributed by atoms with van der Waals surface area (Å²) < 4.78 is 10.5. The number of aliphatic carboxylic acids is 1. The molecule has 3 rings (SSSR count). The fourth-order valence-corrected chi connectivity index (χ4v) is 3.54. The molecule has 1 fully saturated rings. The Morgan fingerprint density at radius 1 is 0.800 bits per heavy atom. The van der Waals surface area contributed by atoms with Crippen LogP contribution in [0.3, 0.4) is 0 Å². The van der Waals surface area contributed by atoms with Crippen LogP contribution in [0.5, 0.6) is 11.5 Å². The van der Waals surface area contributed by atoms with Crippen molar-refractivity contribution in [2.24, 2.45) is 0 Å². The van der Waals surface area contributed by atoms with Gasteiger partial charge < -0.3 is 35.0 Å². The summed E-state index contributed by atoms with van der Waals surface area (Å²) in [6.45, 7) is 0. The highest BCUT2D eigenvalue weighted by Gasteiger charge is 2.52. The summed E-state index contributed by atoms with van der Waals surface area (Å²) in [7, 11) is 0. The number of aliphatic hydroxyl groups excluding tert-OH is 1. The Kier molecular flexibility index (Phi) is 7.90. The quantitative estimate of drug-likeness (QED) is 0.287. The van der Waals surface area contributed by atoms with Gasteiger partial charge in [-0.15, -0.1) is 0 Å². The van der Waals surface area contributed by atoms with Crippen LogP contribution < -0.4 is 0 Å². The van der Waals surface area contributed by atoms with Crippen molar-refractivity contribution in [2.45, 2.75) is 36.8 Å². The predicted molar refractivity (Wildman–Crippen MR) is 122 cm³/mol. The molecule has 0 heterocycles. The number of hydrogen-bond donors (Lipinski definition) is 5. The van der Waals surface area contributed by atoms with Crippen molar-refractivity contribution >= 4 is 30.1 Å². The fourth-order valence-electron chi connectivity index (χ4n) is 3.54. The molecule has 184 valence electrons. The van der Waals surface area contributed by atoms with E-state index >= 15 is 0 Å². The van der Waals surface area contributed by atoms with E-state index < -0.39 is 54.7 Å². The molecule has 0 unspecified atom stereocenters. The number of esters is 2. The number of carbonyl (C=O) groups is 3. The summed E-state index contributed by atoms with van der Waals surface area (Å²) in [5.74, 6) is -3.36. The topological polar surface area (TPSA) is 171 Å². The number of aliphatic hydroxyl groups is 2. The van der Waals surface area contributed by atoms with Crippen LogP contribution in [-0.2, 0) is 23.9 Å². The smallest absolute Gasteiger partial charge is 0.335 e. The molecule has 2 aromatic rings. The third-order valence-corrected chi connectivity index (χ3v) is 5.36. The largest absolute Gasteiger partial charge is 0.508 e. The van der Waals surface area contributed by atoms with E-state index in [0.717, 1.165) is 12.2 Å². The zero-order chi connectivity index (χ0) is 25.6. The van der Waals surface area contributed by atoms with Crippen LogP contribution >= 0.6 is 0 Å². The number of ether oxygens (including phenoxy) is 2. The molecular formula is C25H24O10. The first kappa shape index (κ1) is 25.5. The van der Waals surface area contributed by atoms with Crippen molar-refractivity contribution in [2.75, 3.05) is 0 Å². The van der Waals surface area contributed by atoms with Gasteiger partial charge in [0.25, 0.3) is 0 Å². The molecule has 0 radical (unpaired) electrons. The lowest BCUT2D eigenvalue weighted by molar-refractivity contribution is -0.204. The number of phenols is 2. The van der Waals surface area contributed by atoms with E-state index in [0.29, 0.717) is 11.1 Å². The molecule has 10 heteroatoms. The number of benzene rings is 2. The maximum Gasteiger partial charge on any atom is 0.335 e. The average molecular weight is 484 g/mol. The van der Waals surface area contributed by atoms with Gasteiger partial charge in [-0.2, -0.15) is 0 Å². The number of phenolic OH excluding ortho intramolecular Hbond substituents is 2. The Balaban J connectivity index is 1.73. The van der Waals surface area contributed by atoms with E-state index in [1.54, 1.807) is 12.1 Å². The third kappa shape index (κ3) is 6.92. The fraction of sp³-hybridized carbons (Fsp3) is 0.240. The number of rotatable bonds is 7. The predicted octanol–water partition coefficient (Wildman–Crippen LogP) is 1.62. The highest BCUT2D eigenvalue weighted by molar-refractivity contribution is 5.88. The second-order valence-corrected chi connectivity index (χ2v) is 8.04. The molecule has 10 nitrogen and oxygen atoms in total. The maximum absolute atomic E-state index is 12.4. The van der Waals surface area contributed by atoms with E-state index in [2.05, 4.69) is 0 Å². The van der Waals surface area contributed by atoms with Gasteiger partial charge in [-0.1, -0.05) is 24.3 Å². The number of carboxylic acids is 1. The van der Waals surface area contributed by atoms with Gasteiger partial charge in [0.1, 0.15) is 17.6 Å². The zero-order valence-corrected chi connectivity index (χ0v) is 18.4. The van der Waals surface area contributed by atoms with Crippen molar-refractivity contribution in [3.8, 4) is 11.5 Å². The van der Waals surface area contributed by atoms with Crippen LogP contribution in [0.4, 0.5) is 0 Å². The van der Waals surface area contributed by atoms with E-state index in [4.69, 9.17) is 9.47 Å². The molecule has 0 aliphatic heterocycles. The van der Waals surface area contributed by atoms with Gasteiger partial charge in [-0.3, -0.25) is 0 Å². The Morgan fingerprint density at radius 3 is 1.71 bits per heavy atom. The maximum atomic E-state index is 12.4. The van der Waals surface area contributed by atoms with Gasteiger partial charge in [0.05, 0.1) is 6.10 Å². The first-order chi connectivity index (χ1) is 16.6. The van der Waals surface area contributed by atoms with Crippen LogP contribution in [0.25, 0.3) is 12.2 Å². The summed E-state index contributed by atoms with van der Waals surface area (Å²) in [4.78, 5) is 36.2. The highest BCUT2D eigenvalue weighted by atomic mass is 16.6. The number of hydrogen-bond acceptors (Lipinski definition) is 9. The van der Waals surface area contributed by atoms with Crippen molar-refractivity contribution in [1.82, 2.24) is 0 Å². The van der Waals surface area contributed by atoms with Gasteiger partial charge in [-0.05, 0) is 47.5 Å². The van der Waals surface area contributed by atoms with Crippen molar-refractivity contribution in [3.63, 3.8) is 0 Å². The standard InChI is InChI=1S/C25H24O10/c26-17-7-1-15(2-8-17)5-11-21(29)34-20-14-25(33,24(31)32)13-19(28)23(20)35-22(30)12-6-16-3-9-18(27)10-4-16/h1-12,19-20,23,26-28,33H,13-14H2,(H,31,32)/b11-5+,12-6+/t19-,20-,23-,25+/m0/s1. The van der Waals surface area contributed by atoms with E-state index in [1.165, 1.54) is 48.6 Å². The molecule has 0 amide bonds. The molecule has 1 saturated carbocycles. The van der Waals surface area contributed by atoms with Crippen LogP contribution in [-0.4, -0.2) is 67.4 Å². The SMILES string of the molecule is O=C(/C=C/c1ccc(O)cc1)O[C@@H]1[C@@H](OC(=O)/C=C/c2ccc(O)cc2)C[C@@](O)(C(=O)O)C[C@@H]1O. The van der Waals surface area contributed by atoms with Crippen LogP contribution in [0.2, 0.25) is 0 Å². The van der Waals surface area contributed by atoms with Gasteiger partial charge in [0.15, 0.2) is 11.7 Å². The Labute approximate surface area is 200 Å². The summed E-state index contributed by atoms with van der Waals surface area (Å²) in [5, 5.41) is 48.8. The monoisotopic (exact) mass is 484 g/mol. The van der Waals surface area contributed by atoms with E-state index in [9.17, 15) is 39.9 Å². The molecule has 2 aromatic carbocycles. The van der Waals surface area contributed by atoms with E-state index in [1.807, 2.05) is 0 Å². The molecule has 0 saturated heterocycles. The van der Waals surface area contributed by atoms with Crippen molar-refractivity contribution in [1.29, 1.82) is 0 Å². The summed E-state index contributed by atoms with van der Waals surface area (Å²) in [6, 6.07) is 11.8. The minimum atomic E-state index is -2.39. The van der Waals surface area contributed by atoms with Gasteiger partial charge >= 0.3 is 17.9 Å². The Bertz CT molecular complexity index is 1120. The lowest BCUT2D eigenvalue weighted by Gasteiger charge is -2.40. The molecule has 1 aliphatic rings. The number of aromatic hydroxyl groups is 2. The second-order valence-electron chi connectivity index (χ2n) is 8.04. The second kappa shape index (κ2) is 10.9. The molecule has 35 heavy (non-hydrogen) atoms. The van der Waals surface area contributed by atoms with Gasteiger partial charge in [-0.25, -0.2) is 14.4 Å². The molecule has 0 bridgehead atoms. The highest BCUT2D eigenvalue weighted by Crippen LogP contribution is 2.33. The first-order valence-corrected chi connectivity index (χ1v) is 10.5. The molecule has 4 atom stereocenters. The Morgan fingerprint density at radius 2 is 1.26 bits per heavy atom. The van der Waals surface area contributed by atoms with Crippen LogP contribution in [0, 0.1) is 0 Å².